The maximum Gasteiger partial charge on any atom is 0.165 e. The van der Waals surface area contributed by atoms with Crippen molar-refractivity contribution in [1.82, 2.24) is 29.4 Å². The van der Waals surface area contributed by atoms with Crippen LogP contribution in [0, 0.1) is 30.6 Å². The first-order valence-corrected chi connectivity index (χ1v) is 11.8. The average molecular weight is 458 g/mol. The van der Waals surface area contributed by atoms with Gasteiger partial charge in [-0.25, -0.2) is 14.5 Å². The molecule has 3 fully saturated rings. The van der Waals surface area contributed by atoms with Crippen molar-refractivity contribution in [2.75, 3.05) is 11.9 Å². The summed E-state index contributed by atoms with van der Waals surface area (Å²) in [6, 6.07) is 7.93. The molecule has 4 atom stereocenters. The number of aromatic nitrogens is 6. The highest BCUT2D eigenvalue weighted by Crippen LogP contribution is 2.95. The standard InChI is InChI=1S/C25H27N7O2/c1-14-6-21(28-15(2)27-14)29-22-8-18-7-16(4-5-32(18)30-22)23-19(11-26-31(23)3)34-12-20(33)25-10-17-9-24(17,25)13-25/h4-8,11,17,20,33H,9-10,12-13H2,1-3H3,(H,27,28,29,30)/t17?,20-,24?,25?/m1/s1. The van der Waals surface area contributed by atoms with E-state index in [4.69, 9.17) is 4.74 Å². The first kappa shape index (κ1) is 20.0. The van der Waals surface area contributed by atoms with Gasteiger partial charge in [-0.15, -0.1) is 0 Å². The Bertz CT molecular complexity index is 1430. The van der Waals surface area contributed by atoms with Crippen LogP contribution in [-0.4, -0.2) is 47.2 Å². The van der Waals surface area contributed by atoms with Gasteiger partial charge in [0.15, 0.2) is 11.6 Å². The monoisotopic (exact) mass is 457 g/mol. The predicted octanol–water partition coefficient (Wildman–Crippen LogP) is 3.43. The average Bonchev–Trinajstić information content (AvgIpc) is 3.32. The quantitative estimate of drug-likeness (QED) is 0.438. The molecule has 0 amide bonds. The molecule has 4 aromatic rings. The molecule has 0 aliphatic heterocycles. The number of aryl methyl sites for hydroxylation is 3. The third kappa shape index (κ3) is 2.76. The Morgan fingerprint density at radius 1 is 1.21 bits per heavy atom. The molecule has 4 aromatic heterocycles. The second kappa shape index (κ2) is 6.56. The van der Waals surface area contributed by atoms with Crippen molar-refractivity contribution in [3.05, 3.63) is 48.2 Å². The van der Waals surface area contributed by atoms with Gasteiger partial charge in [0.2, 0.25) is 0 Å². The summed E-state index contributed by atoms with van der Waals surface area (Å²) in [4.78, 5) is 8.75. The summed E-state index contributed by atoms with van der Waals surface area (Å²) in [5, 5.41) is 23.1. The van der Waals surface area contributed by atoms with Gasteiger partial charge in [0.25, 0.3) is 0 Å². The summed E-state index contributed by atoms with van der Waals surface area (Å²) < 4.78 is 9.76. The molecule has 3 aliphatic rings. The number of ether oxygens (including phenoxy) is 1. The fourth-order valence-electron chi connectivity index (χ4n) is 6.46. The molecule has 0 bridgehead atoms. The largest absolute Gasteiger partial charge is 0.487 e. The van der Waals surface area contributed by atoms with Crippen molar-refractivity contribution in [2.24, 2.45) is 23.8 Å². The van der Waals surface area contributed by atoms with Crippen LogP contribution in [0.1, 0.15) is 30.8 Å². The number of nitrogens with one attached hydrogen (secondary N) is 1. The van der Waals surface area contributed by atoms with Crippen LogP contribution in [0.4, 0.5) is 11.6 Å². The van der Waals surface area contributed by atoms with E-state index in [-0.39, 0.29) is 5.41 Å². The lowest BCUT2D eigenvalue weighted by Crippen LogP contribution is -2.35. The van der Waals surface area contributed by atoms with Gasteiger partial charge in [-0.1, -0.05) is 0 Å². The summed E-state index contributed by atoms with van der Waals surface area (Å²) in [6.07, 6.45) is 6.90. The Morgan fingerprint density at radius 3 is 2.82 bits per heavy atom. The fraction of sp³-hybridized carbons (Fsp3) is 0.440. The molecule has 3 aliphatic carbocycles. The lowest BCUT2D eigenvalue weighted by molar-refractivity contribution is 0.00671. The molecule has 0 saturated heterocycles. The van der Waals surface area contributed by atoms with Gasteiger partial charge in [0, 0.05) is 42.0 Å². The predicted molar refractivity (Wildman–Crippen MR) is 126 cm³/mol. The molecule has 3 saturated carbocycles. The van der Waals surface area contributed by atoms with Gasteiger partial charge in [0.1, 0.15) is 23.9 Å². The van der Waals surface area contributed by atoms with Crippen LogP contribution in [0.2, 0.25) is 0 Å². The van der Waals surface area contributed by atoms with Gasteiger partial charge in [0.05, 0.1) is 17.8 Å². The van der Waals surface area contributed by atoms with Gasteiger partial charge in [-0.3, -0.25) is 4.68 Å². The molecule has 174 valence electrons. The van der Waals surface area contributed by atoms with E-state index in [1.54, 1.807) is 6.20 Å². The first-order valence-electron chi connectivity index (χ1n) is 11.8. The molecule has 0 radical (unpaired) electrons. The number of aliphatic hydroxyl groups is 1. The van der Waals surface area contributed by atoms with Crippen molar-refractivity contribution < 1.29 is 9.84 Å². The van der Waals surface area contributed by atoms with E-state index in [1.165, 1.54) is 19.3 Å². The number of hydrogen-bond acceptors (Lipinski definition) is 7. The van der Waals surface area contributed by atoms with Crippen molar-refractivity contribution in [1.29, 1.82) is 0 Å². The minimum absolute atomic E-state index is 0.140. The van der Waals surface area contributed by atoms with E-state index < -0.39 is 6.10 Å². The molecule has 0 aromatic carbocycles. The zero-order chi connectivity index (χ0) is 23.2. The number of rotatable bonds is 7. The van der Waals surface area contributed by atoms with E-state index in [1.807, 2.05) is 54.5 Å². The van der Waals surface area contributed by atoms with Gasteiger partial charge in [-0.05, 0) is 56.6 Å². The summed E-state index contributed by atoms with van der Waals surface area (Å²) >= 11 is 0. The van der Waals surface area contributed by atoms with Crippen molar-refractivity contribution in [2.45, 2.75) is 39.2 Å². The van der Waals surface area contributed by atoms with Gasteiger partial charge >= 0.3 is 0 Å². The molecular weight excluding hydrogens is 430 g/mol. The SMILES string of the molecule is Cc1cc(Nc2cc3cc(-c4c(OC[C@@H](O)C56CC7CC75C6)cnn4C)ccn3n2)nc(C)n1. The van der Waals surface area contributed by atoms with E-state index >= 15 is 0 Å². The van der Waals surface area contributed by atoms with Crippen molar-refractivity contribution in [3.63, 3.8) is 0 Å². The van der Waals surface area contributed by atoms with E-state index in [9.17, 15) is 5.11 Å². The molecule has 1 spiro atoms. The third-order valence-corrected chi connectivity index (χ3v) is 8.24. The van der Waals surface area contributed by atoms with Gasteiger partial charge in [-0.2, -0.15) is 10.2 Å². The minimum Gasteiger partial charge on any atom is -0.487 e. The van der Waals surface area contributed by atoms with E-state index in [0.29, 0.717) is 29.4 Å². The van der Waals surface area contributed by atoms with Crippen molar-refractivity contribution in [3.8, 4) is 17.0 Å². The number of aliphatic hydroxyl groups excluding tert-OH is 1. The number of pyridine rings is 1. The topological polar surface area (TPSA) is 102 Å². The minimum atomic E-state index is -0.403. The Balaban J connectivity index is 1.12. The zero-order valence-electron chi connectivity index (χ0n) is 19.5. The zero-order valence-corrected chi connectivity index (χ0v) is 19.5. The van der Waals surface area contributed by atoms with Crippen LogP contribution in [-0.2, 0) is 7.05 Å². The fourth-order valence-corrected chi connectivity index (χ4v) is 6.46. The number of anilines is 2. The second-order valence-electron chi connectivity index (χ2n) is 10.3. The molecule has 34 heavy (non-hydrogen) atoms. The van der Waals surface area contributed by atoms with Crippen LogP contribution < -0.4 is 10.1 Å². The number of fused-ring (bicyclic) bond motifs is 1. The number of hydrogen-bond donors (Lipinski definition) is 2. The Kier molecular flexibility index (Phi) is 3.85. The lowest BCUT2D eigenvalue weighted by Gasteiger charge is -2.29. The van der Waals surface area contributed by atoms with Crippen molar-refractivity contribution >= 4 is 17.2 Å². The molecular formula is C25H27N7O2. The maximum atomic E-state index is 10.8. The highest BCUT2D eigenvalue weighted by Gasteiger charge is 2.90. The molecule has 9 nitrogen and oxygen atoms in total. The normalized spacial score (nSPS) is 27.0. The van der Waals surface area contributed by atoms with E-state index in [2.05, 4.69) is 31.5 Å². The van der Waals surface area contributed by atoms with Crippen LogP contribution in [0.5, 0.6) is 5.75 Å². The molecule has 9 heteroatoms. The Hall–Kier alpha value is -3.46. The molecule has 2 N–H and O–H groups in total. The Labute approximate surface area is 196 Å². The maximum absolute atomic E-state index is 10.8. The van der Waals surface area contributed by atoms with Crippen LogP contribution >= 0.6 is 0 Å². The van der Waals surface area contributed by atoms with Crippen LogP contribution in [0.25, 0.3) is 16.8 Å². The highest BCUT2D eigenvalue weighted by atomic mass is 16.5. The lowest BCUT2D eigenvalue weighted by atomic mass is 9.80. The second-order valence-corrected chi connectivity index (χ2v) is 10.3. The van der Waals surface area contributed by atoms with Crippen LogP contribution in [0.3, 0.4) is 0 Å². The Morgan fingerprint density at radius 2 is 2.09 bits per heavy atom. The summed E-state index contributed by atoms with van der Waals surface area (Å²) in [6.45, 7) is 4.13. The first-order chi connectivity index (χ1) is 16.4. The summed E-state index contributed by atoms with van der Waals surface area (Å²) in [5.74, 6) is 3.70. The van der Waals surface area contributed by atoms with Crippen LogP contribution in [0.15, 0.2) is 36.7 Å². The third-order valence-electron chi connectivity index (χ3n) is 8.24. The highest BCUT2D eigenvalue weighted by molar-refractivity contribution is 5.72. The smallest absolute Gasteiger partial charge is 0.165 e. The molecule has 7 rings (SSSR count). The molecule has 4 heterocycles. The number of nitrogens with zero attached hydrogens (tertiary/aromatic N) is 6. The van der Waals surface area contributed by atoms with Gasteiger partial charge < -0.3 is 15.2 Å². The molecule has 3 unspecified atom stereocenters. The summed E-state index contributed by atoms with van der Waals surface area (Å²) in [7, 11) is 1.90. The summed E-state index contributed by atoms with van der Waals surface area (Å²) in [5.41, 5.74) is 4.32. The van der Waals surface area contributed by atoms with E-state index in [0.717, 1.165) is 34.2 Å².